The van der Waals surface area contributed by atoms with Crippen molar-refractivity contribution in [2.24, 2.45) is 0 Å². The van der Waals surface area contributed by atoms with Crippen LogP contribution in [0.25, 0.3) is 11.5 Å². The highest BCUT2D eigenvalue weighted by Crippen LogP contribution is 2.28. The van der Waals surface area contributed by atoms with E-state index >= 15 is 0 Å². The van der Waals surface area contributed by atoms with Crippen LogP contribution in [-0.4, -0.2) is 10.9 Å². The smallest absolute Gasteiger partial charge is 0.273 e. The SMILES string of the molecule is O=C(NCc1ccc(F)cc1)c1coc(-c2ccc(Cl)c(Cl)c2)n1. The molecule has 0 radical (unpaired) electrons. The number of nitrogens with zero attached hydrogens (tertiary/aromatic N) is 1. The first-order chi connectivity index (χ1) is 11.5. The molecule has 24 heavy (non-hydrogen) atoms. The molecule has 0 aliphatic rings. The predicted octanol–water partition coefficient (Wildman–Crippen LogP) is 4.72. The summed E-state index contributed by atoms with van der Waals surface area (Å²) in [6.45, 7) is 0.258. The maximum Gasteiger partial charge on any atom is 0.273 e. The molecule has 1 N–H and O–H groups in total. The third kappa shape index (κ3) is 3.75. The van der Waals surface area contributed by atoms with Crippen molar-refractivity contribution in [2.75, 3.05) is 0 Å². The first kappa shape index (κ1) is 16.5. The van der Waals surface area contributed by atoms with Crippen molar-refractivity contribution >= 4 is 29.1 Å². The number of aromatic nitrogens is 1. The lowest BCUT2D eigenvalue weighted by Gasteiger charge is -2.02. The Morgan fingerprint density at radius 1 is 1.12 bits per heavy atom. The summed E-state index contributed by atoms with van der Waals surface area (Å²) < 4.78 is 18.2. The van der Waals surface area contributed by atoms with E-state index in [4.69, 9.17) is 27.6 Å². The molecule has 3 aromatic rings. The fourth-order valence-corrected chi connectivity index (χ4v) is 2.31. The van der Waals surface area contributed by atoms with Crippen molar-refractivity contribution in [2.45, 2.75) is 6.54 Å². The minimum atomic E-state index is -0.394. The molecule has 0 fully saturated rings. The number of hydrogen-bond donors (Lipinski definition) is 1. The number of nitrogens with one attached hydrogen (secondary N) is 1. The van der Waals surface area contributed by atoms with Crippen LogP contribution in [0.1, 0.15) is 16.1 Å². The average Bonchev–Trinajstić information content (AvgIpc) is 3.07. The molecule has 7 heteroatoms. The van der Waals surface area contributed by atoms with E-state index in [2.05, 4.69) is 10.3 Å². The van der Waals surface area contributed by atoms with Crippen molar-refractivity contribution in [3.05, 3.63) is 75.8 Å². The van der Waals surface area contributed by atoms with Crippen LogP contribution in [0.4, 0.5) is 4.39 Å². The lowest BCUT2D eigenvalue weighted by Crippen LogP contribution is -2.23. The number of hydrogen-bond acceptors (Lipinski definition) is 3. The standard InChI is InChI=1S/C17H11Cl2FN2O2/c18-13-6-3-11(7-14(13)19)17-22-15(9-24-17)16(23)21-8-10-1-4-12(20)5-2-10/h1-7,9H,8H2,(H,21,23). The van der Waals surface area contributed by atoms with Gasteiger partial charge in [0.05, 0.1) is 10.0 Å². The van der Waals surface area contributed by atoms with Gasteiger partial charge in [-0.1, -0.05) is 35.3 Å². The van der Waals surface area contributed by atoms with E-state index in [0.29, 0.717) is 15.6 Å². The number of carbonyl (C=O) groups excluding carboxylic acids is 1. The van der Waals surface area contributed by atoms with Gasteiger partial charge in [-0.05, 0) is 35.9 Å². The van der Waals surface area contributed by atoms with Crippen LogP contribution in [0.2, 0.25) is 10.0 Å². The van der Waals surface area contributed by atoms with Crippen LogP contribution in [0.15, 0.2) is 53.1 Å². The summed E-state index contributed by atoms with van der Waals surface area (Å²) in [6.07, 6.45) is 1.26. The lowest BCUT2D eigenvalue weighted by atomic mass is 10.2. The molecule has 0 atom stereocenters. The van der Waals surface area contributed by atoms with Gasteiger partial charge in [0, 0.05) is 12.1 Å². The summed E-state index contributed by atoms with van der Waals surface area (Å²) in [5.74, 6) is -0.456. The third-order valence-electron chi connectivity index (χ3n) is 3.27. The Kier molecular flexibility index (Phi) is 4.83. The molecule has 0 aliphatic heterocycles. The molecule has 0 aliphatic carbocycles. The molecule has 0 spiro atoms. The molecule has 4 nitrogen and oxygen atoms in total. The van der Waals surface area contributed by atoms with Gasteiger partial charge in [-0.15, -0.1) is 0 Å². The van der Waals surface area contributed by atoms with Crippen LogP contribution >= 0.6 is 23.2 Å². The molecule has 3 rings (SSSR count). The van der Waals surface area contributed by atoms with Crippen molar-refractivity contribution in [3.63, 3.8) is 0 Å². The Labute approximate surface area is 147 Å². The number of rotatable bonds is 4. The predicted molar refractivity (Wildman–Crippen MR) is 89.5 cm³/mol. The maximum atomic E-state index is 12.8. The van der Waals surface area contributed by atoms with Gasteiger partial charge in [0.2, 0.25) is 5.89 Å². The average molecular weight is 365 g/mol. The van der Waals surface area contributed by atoms with Crippen molar-refractivity contribution < 1.29 is 13.6 Å². The molecule has 1 heterocycles. The van der Waals surface area contributed by atoms with Crippen LogP contribution in [0, 0.1) is 5.82 Å². The topological polar surface area (TPSA) is 55.1 Å². The van der Waals surface area contributed by atoms with Gasteiger partial charge in [0.25, 0.3) is 5.91 Å². The Morgan fingerprint density at radius 3 is 2.58 bits per heavy atom. The van der Waals surface area contributed by atoms with Gasteiger partial charge in [-0.2, -0.15) is 0 Å². The molecule has 1 amide bonds. The quantitative estimate of drug-likeness (QED) is 0.728. The first-order valence-electron chi connectivity index (χ1n) is 6.96. The van der Waals surface area contributed by atoms with E-state index in [1.165, 1.54) is 18.4 Å². The summed E-state index contributed by atoms with van der Waals surface area (Å²) in [5.41, 5.74) is 1.53. The van der Waals surface area contributed by atoms with E-state index in [1.807, 2.05) is 0 Å². The summed E-state index contributed by atoms with van der Waals surface area (Å²) in [4.78, 5) is 16.2. The zero-order chi connectivity index (χ0) is 17.1. The van der Waals surface area contributed by atoms with E-state index in [-0.39, 0.29) is 23.9 Å². The van der Waals surface area contributed by atoms with E-state index in [1.54, 1.807) is 30.3 Å². The summed E-state index contributed by atoms with van der Waals surface area (Å²) in [5, 5.41) is 3.48. The maximum absolute atomic E-state index is 12.8. The van der Waals surface area contributed by atoms with Crippen molar-refractivity contribution in [3.8, 4) is 11.5 Å². The molecule has 2 aromatic carbocycles. The molecule has 122 valence electrons. The molecular weight excluding hydrogens is 354 g/mol. The highest BCUT2D eigenvalue weighted by atomic mass is 35.5. The van der Waals surface area contributed by atoms with Crippen LogP contribution in [0.3, 0.4) is 0 Å². The molecule has 0 saturated heterocycles. The Hall–Kier alpha value is -2.37. The summed E-state index contributed by atoms with van der Waals surface area (Å²) in [7, 11) is 0. The molecule has 0 bridgehead atoms. The molecule has 0 saturated carbocycles. The van der Waals surface area contributed by atoms with E-state index in [9.17, 15) is 9.18 Å². The Bertz CT molecular complexity index is 879. The van der Waals surface area contributed by atoms with Crippen molar-refractivity contribution in [1.82, 2.24) is 10.3 Å². The number of amides is 1. The van der Waals surface area contributed by atoms with Gasteiger partial charge >= 0.3 is 0 Å². The molecule has 1 aromatic heterocycles. The Balaban J connectivity index is 1.69. The van der Waals surface area contributed by atoms with Crippen LogP contribution in [-0.2, 0) is 6.54 Å². The van der Waals surface area contributed by atoms with Gasteiger partial charge in [-0.25, -0.2) is 9.37 Å². The van der Waals surface area contributed by atoms with Gasteiger partial charge in [-0.3, -0.25) is 4.79 Å². The number of halogens is 3. The lowest BCUT2D eigenvalue weighted by molar-refractivity contribution is 0.0946. The largest absolute Gasteiger partial charge is 0.444 e. The number of oxazole rings is 1. The summed E-state index contributed by atoms with van der Waals surface area (Å²) in [6, 6.07) is 10.8. The minimum absolute atomic E-state index is 0.137. The first-order valence-corrected chi connectivity index (χ1v) is 7.72. The third-order valence-corrected chi connectivity index (χ3v) is 4.01. The van der Waals surface area contributed by atoms with Gasteiger partial charge < -0.3 is 9.73 Å². The summed E-state index contributed by atoms with van der Waals surface area (Å²) >= 11 is 11.8. The molecule has 0 unspecified atom stereocenters. The second-order valence-corrected chi connectivity index (χ2v) is 5.79. The van der Waals surface area contributed by atoms with Gasteiger partial charge in [0.15, 0.2) is 5.69 Å². The monoisotopic (exact) mass is 364 g/mol. The number of carbonyl (C=O) groups is 1. The second-order valence-electron chi connectivity index (χ2n) is 4.98. The zero-order valence-electron chi connectivity index (χ0n) is 12.2. The highest BCUT2D eigenvalue weighted by Gasteiger charge is 2.14. The fraction of sp³-hybridized carbons (Fsp3) is 0.0588. The van der Waals surface area contributed by atoms with Crippen molar-refractivity contribution in [1.29, 1.82) is 0 Å². The van der Waals surface area contributed by atoms with Gasteiger partial charge in [0.1, 0.15) is 12.1 Å². The highest BCUT2D eigenvalue weighted by molar-refractivity contribution is 6.42. The number of benzene rings is 2. The Morgan fingerprint density at radius 2 is 1.88 bits per heavy atom. The zero-order valence-corrected chi connectivity index (χ0v) is 13.7. The normalized spacial score (nSPS) is 10.6. The minimum Gasteiger partial charge on any atom is -0.444 e. The fourth-order valence-electron chi connectivity index (χ4n) is 2.01. The van der Waals surface area contributed by atoms with E-state index < -0.39 is 5.91 Å². The van der Waals surface area contributed by atoms with Crippen LogP contribution < -0.4 is 5.32 Å². The second kappa shape index (κ2) is 7.03. The van der Waals surface area contributed by atoms with Crippen LogP contribution in [0.5, 0.6) is 0 Å². The van der Waals surface area contributed by atoms with E-state index in [0.717, 1.165) is 5.56 Å². The molecular formula is C17H11Cl2FN2O2.